The van der Waals surface area contributed by atoms with Gasteiger partial charge in [-0.15, -0.1) is 0 Å². The molecule has 19 heavy (non-hydrogen) atoms. The van der Waals surface area contributed by atoms with Gasteiger partial charge in [0, 0.05) is 42.4 Å². The zero-order chi connectivity index (χ0) is 15.3. The standard InChI is InChI=1S/C17H34N2/c1-14(16(3,4)5)18-12-10-11-13-19(9)15(2)17(6,7)8/h18H,1-2,10-13H2,3-9H3. The van der Waals surface area contributed by atoms with E-state index in [4.69, 9.17) is 0 Å². The summed E-state index contributed by atoms with van der Waals surface area (Å²) >= 11 is 0. The average Bonchev–Trinajstić information content (AvgIpc) is 2.24. The summed E-state index contributed by atoms with van der Waals surface area (Å²) < 4.78 is 0. The fourth-order valence-corrected chi connectivity index (χ4v) is 1.69. The van der Waals surface area contributed by atoms with Crippen molar-refractivity contribution in [3.05, 3.63) is 24.6 Å². The molecule has 0 amide bonds. The van der Waals surface area contributed by atoms with Crippen LogP contribution in [-0.4, -0.2) is 25.0 Å². The monoisotopic (exact) mass is 266 g/mol. The van der Waals surface area contributed by atoms with Crippen LogP contribution in [0.1, 0.15) is 54.4 Å². The van der Waals surface area contributed by atoms with E-state index in [9.17, 15) is 0 Å². The number of hydrogen-bond donors (Lipinski definition) is 1. The smallest absolute Gasteiger partial charge is 0.0172 e. The molecule has 0 atom stereocenters. The molecule has 0 spiro atoms. The molecular weight excluding hydrogens is 232 g/mol. The Labute approximate surface area is 121 Å². The molecule has 2 nitrogen and oxygen atoms in total. The molecule has 1 N–H and O–H groups in total. The Morgan fingerprint density at radius 2 is 1.47 bits per heavy atom. The predicted molar refractivity (Wildman–Crippen MR) is 87.1 cm³/mol. The van der Waals surface area contributed by atoms with E-state index in [2.05, 4.69) is 72.0 Å². The van der Waals surface area contributed by atoms with Crippen molar-refractivity contribution in [2.45, 2.75) is 54.4 Å². The van der Waals surface area contributed by atoms with E-state index < -0.39 is 0 Å². The summed E-state index contributed by atoms with van der Waals surface area (Å²) in [7, 11) is 2.13. The van der Waals surface area contributed by atoms with Gasteiger partial charge in [0.1, 0.15) is 0 Å². The van der Waals surface area contributed by atoms with Crippen LogP contribution in [-0.2, 0) is 0 Å². The van der Waals surface area contributed by atoms with Gasteiger partial charge in [0.05, 0.1) is 0 Å². The second kappa shape index (κ2) is 7.02. The average molecular weight is 266 g/mol. The van der Waals surface area contributed by atoms with Gasteiger partial charge in [-0.05, 0) is 12.8 Å². The van der Waals surface area contributed by atoms with Crippen LogP contribution in [0.25, 0.3) is 0 Å². The summed E-state index contributed by atoms with van der Waals surface area (Å²) in [5.74, 6) is 0. The van der Waals surface area contributed by atoms with E-state index in [1.807, 2.05) is 0 Å². The van der Waals surface area contributed by atoms with Crippen molar-refractivity contribution in [2.24, 2.45) is 10.8 Å². The minimum atomic E-state index is 0.150. The van der Waals surface area contributed by atoms with Gasteiger partial charge < -0.3 is 10.2 Å². The number of allylic oxidation sites excluding steroid dienone is 2. The normalized spacial score (nSPS) is 12.2. The minimum Gasteiger partial charge on any atom is -0.388 e. The van der Waals surface area contributed by atoms with Crippen molar-refractivity contribution in [3.63, 3.8) is 0 Å². The van der Waals surface area contributed by atoms with E-state index >= 15 is 0 Å². The fraction of sp³-hybridized carbons (Fsp3) is 0.765. The van der Waals surface area contributed by atoms with E-state index in [-0.39, 0.29) is 10.8 Å². The van der Waals surface area contributed by atoms with Gasteiger partial charge in [0.2, 0.25) is 0 Å². The van der Waals surface area contributed by atoms with Gasteiger partial charge in [-0.2, -0.15) is 0 Å². The molecule has 0 fully saturated rings. The van der Waals surface area contributed by atoms with Crippen molar-refractivity contribution in [1.82, 2.24) is 10.2 Å². The van der Waals surface area contributed by atoms with Crippen molar-refractivity contribution in [3.8, 4) is 0 Å². The lowest BCUT2D eigenvalue weighted by atomic mass is 9.92. The second-order valence-corrected chi connectivity index (χ2v) is 7.48. The maximum absolute atomic E-state index is 4.18. The molecule has 0 aromatic heterocycles. The molecule has 0 saturated carbocycles. The van der Waals surface area contributed by atoms with Crippen molar-refractivity contribution in [2.75, 3.05) is 20.1 Å². The van der Waals surface area contributed by atoms with Crippen molar-refractivity contribution >= 4 is 0 Å². The van der Waals surface area contributed by atoms with Crippen molar-refractivity contribution in [1.29, 1.82) is 0 Å². The van der Waals surface area contributed by atoms with Crippen LogP contribution in [0.15, 0.2) is 24.6 Å². The molecular formula is C17H34N2. The third-order valence-corrected chi connectivity index (χ3v) is 3.49. The Hall–Kier alpha value is -0.920. The predicted octanol–water partition coefficient (Wildman–Crippen LogP) is 4.41. The summed E-state index contributed by atoms with van der Waals surface area (Å²) in [6.45, 7) is 23.5. The highest BCUT2D eigenvalue weighted by Gasteiger charge is 2.18. The third-order valence-electron chi connectivity index (χ3n) is 3.49. The first kappa shape index (κ1) is 18.1. The van der Waals surface area contributed by atoms with Gasteiger partial charge in [0.15, 0.2) is 0 Å². The minimum absolute atomic E-state index is 0.150. The lowest BCUT2D eigenvalue weighted by Gasteiger charge is -2.31. The summed E-state index contributed by atoms with van der Waals surface area (Å²) in [6.07, 6.45) is 2.34. The molecule has 0 aliphatic carbocycles. The van der Waals surface area contributed by atoms with Crippen molar-refractivity contribution < 1.29 is 0 Å². The topological polar surface area (TPSA) is 15.3 Å². The first-order valence-electron chi connectivity index (χ1n) is 7.30. The lowest BCUT2D eigenvalue weighted by Crippen LogP contribution is -2.28. The van der Waals surface area contributed by atoms with Crippen LogP contribution in [0.2, 0.25) is 0 Å². The van der Waals surface area contributed by atoms with Gasteiger partial charge >= 0.3 is 0 Å². The summed E-state index contributed by atoms with van der Waals surface area (Å²) in [6, 6.07) is 0. The molecule has 0 unspecified atom stereocenters. The van der Waals surface area contributed by atoms with Gasteiger partial charge in [-0.3, -0.25) is 0 Å². The quantitative estimate of drug-likeness (QED) is 0.687. The zero-order valence-electron chi connectivity index (χ0n) is 14.2. The molecule has 0 heterocycles. The molecule has 0 rings (SSSR count). The molecule has 0 aliphatic rings. The van der Waals surface area contributed by atoms with Crippen LogP contribution < -0.4 is 5.32 Å². The summed E-state index contributed by atoms with van der Waals surface area (Å²) in [5.41, 5.74) is 2.64. The molecule has 0 aliphatic heterocycles. The van der Waals surface area contributed by atoms with E-state index in [1.165, 1.54) is 12.1 Å². The number of nitrogens with zero attached hydrogens (tertiary/aromatic N) is 1. The SMILES string of the molecule is C=C(NCCCCN(C)C(=C)C(C)(C)C)C(C)(C)C. The zero-order valence-corrected chi connectivity index (χ0v) is 14.2. The van der Waals surface area contributed by atoms with Gasteiger partial charge in [-0.25, -0.2) is 0 Å². The van der Waals surface area contributed by atoms with Gasteiger partial charge in [0.25, 0.3) is 0 Å². The van der Waals surface area contributed by atoms with Crippen LogP contribution in [0.5, 0.6) is 0 Å². The largest absolute Gasteiger partial charge is 0.388 e. The van der Waals surface area contributed by atoms with E-state index in [0.29, 0.717) is 0 Å². The Kier molecular flexibility index (Phi) is 6.68. The highest BCUT2D eigenvalue weighted by atomic mass is 15.1. The van der Waals surface area contributed by atoms with Gasteiger partial charge in [-0.1, -0.05) is 54.7 Å². The van der Waals surface area contributed by atoms with Crippen LogP contribution >= 0.6 is 0 Å². The number of hydrogen-bond acceptors (Lipinski definition) is 2. The molecule has 2 heteroatoms. The Morgan fingerprint density at radius 3 is 1.89 bits per heavy atom. The molecule has 0 radical (unpaired) electrons. The van der Waals surface area contributed by atoms with Crippen LogP contribution in [0, 0.1) is 10.8 Å². The van der Waals surface area contributed by atoms with E-state index in [1.54, 1.807) is 0 Å². The molecule has 112 valence electrons. The molecule has 0 saturated heterocycles. The number of unbranched alkanes of at least 4 members (excludes halogenated alkanes) is 1. The Bertz CT molecular complexity index is 302. The number of nitrogens with one attached hydrogen (secondary N) is 1. The lowest BCUT2D eigenvalue weighted by molar-refractivity contribution is 0.306. The van der Waals surface area contributed by atoms with Crippen LogP contribution in [0.3, 0.4) is 0 Å². The Balaban J connectivity index is 3.83. The highest BCUT2D eigenvalue weighted by Crippen LogP contribution is 2.25. The van der Waals surface area contributed by atoms with E-state index in [0.717, 1.165) is 25.2 Å². The maximum Gasteiger partial charge on any atom is 0.0172 e. The molecule has 0 bridgehead atoms. The first-order chi connectivity index (χ1) is 8.46. The molecule has 0 aromatic rings. The van der Waals surface area contributed by atoms with Crippen LogP contribution in [0.4, 0.5) is 0 Å². The molecule has 0 aromatic carbocycles. The number of rotatable bonds is 7. The summed E-state index contributed by atoms with van der Waals surface area (Å²) in [4.78, 5) is 2.28. The highest BCUT2D eigenvalue weighted by molar-refractivity contribution is 5.03. The third kappa shape index (κ3) is 7.29. The Morgan fingerprint density at radius 1 is 0.947 bits per heavy atom. The second-order valence-electron chi connectivity index (χ2n) is 7.48. The first-order valence-corrected chi connectivity index (χ1v) is 7.30. The summed E-state index contributed by atoms with van der Waals surface area (Å²) in [5, 5.41) is 3.42. The fourth-order valence-electron chi connectivity index (χ4n) is 1.69. The maximum atomic E-state index is 4.18.